The number of piperidine rings is 1. The van der Waals surface area contributed by atoms with Crippen LogP contribution in [0.1, 0.15) is 25.0 Å². The number of benzene rings is 1. The fraction of sp³-hybridized carbons (Fsp3) is 0.400. The minimum Gasteiger partial charge on any atom is -0.462 e. The molecule has 0 bridgehead atoms. The molecule has 2 aliphatic heterocycles. The average Bonchev–Trinajstić information content (AvgIpc) is 3.64. The van der Waals surface area contributed by atoms with Gasteiger partial charge in [0, 0.05) is 36.3 Å². The number of carbonyl (C=O) groups is 1. The predicted octanol–water partition coefficient (Wildman–Crippen LogP) is 4.02. The number of aromatic nitrogens is 4. The van der Waals surface area contributed by atoms with Crippen LogP contribution in [0.4, 0.5) is 5.69 Å². The average molecular weight is 526 g/mol. The van der Waals surface area contributed by atoms with Crippen molar-refractivity contribution < 1.29 is 9.53 Å². The molecule has 6 rings (SSSR count). The number of imidazole rings is 1. The zero-order valence-corrected chi connectivity index (χ0v) is 22.3. The van der Waals surface area contributed by atoms with E-state index in [0.717, 1.165) is 103 Å². The first-order chi connectivity index (χ1) is 19.1. The first kappa shape index (κ1) is 25.5. The lowest BCUT2D eigenvalue weighted by molar-refractivity contribution is -0.154. The van der Waals surface area contributed by atoms with E-state index < -0.39 is 0 Å². The number of ether oxygens (including phenoxy) is 1. The Kier molecular flexibility index (Phi) is 7.51. The maximum atomic E-state index is 12.6. The molecule has 3 aromatic heterocycles. The molecule has 202 valence electrons. The second kappa shape index (κ2) is 11.5. The minimum absolute atomic E-state index is 0.0115. The van der Waals surface area contributed by atoms with E-state index in [1.54, 1.807) is 6.33 Å². The number of pyridine rings is 2. The summed E-state index contributed by atoms with van der Waals surface area (Å²) in [5.74, 6) is -0.0345. The molecule has 9 heteroatoms. The Balaban J connectivity index is 1.06. The van der Waals surface area contributed by atoms with E-state index in [0.29, 0.717) is 0 Å². The highest BCUT2D eigenvalue weighted by Gasteiger charge is 2.31. The molecule has 2 saturated heterocycles. The molecule has 4 aromatic rings. The summed E-state index contributed by atoms with van der Waals surface area (Å²) in [4.78, 5) is 32.1. The number of aryl methyl sites for hydroxylation is 1. The highest BCUT2D eigenvalue weighted by atomic mass is 16.5. The predicted molar refractivity (Wildman–Crippen MR) is 152 cm³/mol. The van der Waals surface area contributed by atoms with Crippen LogP contribution in [0.25, 0.3) is 33.5 Å². The summed E-state index contributed by atoms with van der Waals surface area (Å²) in [6.07, 6.45) is 6.37. The summed E-state index contributed by atoms with van der Waals surface area (Å²) >= 11 is 0. The van der Waals surface area contributed by atoms with Crippen molar-refractivity contribution in [1.29, 1.82) is 0 Å². The third-order valence-corrected chi connectivity index (χ3v) is 7.67. The molecule has 0 amide bonds. The zero-order valence-electron chi connectivity index (χ0n) is 22.3. The van der Waals surface area contributed by atoms with Crippen molar-refractivity contribution in [2.24, 2.45) is 5.92 Å². The molecule has 1 unspecified atom stereocenters. The van der Waals surface area contributed by atoms with Gasteiger partial charge in [0.05, 0.1) is 46.7 Å². The Morgan fingerprint density at radius 3 is 2.90 bits per heavy atom. The van der Waals surface area contributed by atoms with Gasteiger partial charge in [-0.25, -0.2) is 4.98 Å². The lowest BCUT2D eigenvalue weighted by Gasteiger charge is -2.24. The normalized spacial score (nSPS) is 18.4. The molecule has 2 aliphatic rings. The SMILES string of the molecule is Cc1cccc(-c2[nH]cnc2-c2ccc3ncc(NCCN4CCC(C(=O)OC5CCNCC5)C4)cc3c2)n1. The van der Waals surface area contributed by atoms with Crippen molar-refractivity contribution in [2.75, 3.05) is 44.6 Å². The molecule has 0 saturated carbocycles. The third-order valence-electron chi connectivity index (χ3n) is 7.67. The van der Waals surface area contributed by atoms with E-state index in [9.17, 15) is 4.79 Å². The Bertz CT molecular complexity index is 1450. The van der Waals surface area contributed by atoms with Crippen LogP contribution in [0, 0.1) is 12.8 Å². The maximum absolute atomic E-state index is 12.6. The second-order valence-electron chi connectivity index (χ2n) is 10.5. The van der Waals surface area contributed by atoms with Crippen LogP contribution < -0.4 is 10.6 Å². The molecule has 1 atom stereocenters. The first-order valence-corrected chi connectivity index (χ1v) is 13.9. The van der Waals surface area contributed by atoms with Crippen molar-refractivity contribution in [3.63, 3.8) is 0 Å². The lowest BCUT2D eigenvalue weighted by atomic mass is 10.0. The Morgan fingerprint density at radius 2 is 2.03 bits per heavy atom. The summed E-state index contributed by atoms with van der Waals surface area (Å²) in [7, 11) is 0. The van der Waals surface area contributed by atoms with Gasteiger partial charge in [-0.2, -0.15) is 0 Å². The number of nitrogens with one attached hydrogen (secondary N) is 3. The topological polar surface area (TPSA) is 108 Å². The van der Waals surface area contributed by atoms with E-state index in [1.807, 2.05) is 37.4 Å². The zero-order chi connectivity index (χ0) is 26.6. The molecule has 9 nitrogen and oxygen atoms in total. The molecule has 1 aromatic carbocycles. The molecule has 3 N–H and O–H groups in total. The molecular weight excluding hydrogens is 490 g/mol. The molecule has 0 aliphatic carbocycles. The summed E-state index contributed by atoms with van der Waals surface area (Å²) in [5.41, 5.74) is 6.54. The van der Waals surface area contributed by atoms with E-state index in [2.05, 4.69) is 53.7 Å². The standard InChI is InChI=1S/C30H35N7O2/c1-20-3-2-4-27(36-20)29-28(34-19-35-29)21-5-6-26-23(15-21)16-24(17-33-26)32-12-14-37-13-9-22(18-37)30(38)39-25-7-10-31-11-8-25/h2-6,15-17,19,22,25,31-32H,7-14,18H2,1H3,(H,34,35). The number of hydrogen-bond donors (Lipinski definition) is 3. The van der Waals surface area contributed by atoms with Crippen molar-refractivity contribution in [2.45, 2.75) is 32.3 Å². The Labute approximate surface area is 228 Å². The number of fused-ring (bicyclic) bond motifs is 1. The van der Waals surface area contributed by atoms with Gasteiger partial charge in [-0.05, 0) is 76.2 Å². The van der Waals surface area contributed by atoms with Gasteiger partial charge in [-0.3, -0.25) is 14.8 Å². The fourth-order valence-electron chi connectivity index (χ4n) is 5.53. The third kappa shape index (κ3) is 5.94. The van der Waals surface area contributed by atoms with Crippen LogP contribution in [0.15, 0.2) is 55.0 Å². The van der Waals surface area contributed by atoms with E-state index >= 15 is 0 Å². The number of hydrogen-bond acceptors (Lipinski definition) is 8. The summed E-state index contributed by atoms with van der Waals surface area (Å²) in [6.45, 7) is 7.20. The number of anilines is 1. The summed E-state index contributed by atoms with van der Waals surface area (Å²) in [5, 5.41) is 7.87. The minimum atomic E-state index is -0.0230. The Morgan fingerprint density at radius 1 is 1.13 bits per heavy atom. The van der Waals surface area contributed by atoms with Crippen LogP contribution in [0.2, 0.25) is 0 Å². The van der Waals surface area contributed by atoms with Crippen molar-refractivity contribution in [3.05, 3.63) is 60.7 Å². The fourth-order valence-corrected chi connectivity index (χ4v) is 5.53. The van der Waals surface area contributed by atoms with E-state index in [1.165, 1.54) is 0 Å². The largest absolute Gasteiger partial charge is 0.462 e. The molecule has 0 radical (unpaired) electrons. The van der Waals surface area contributed by atoms with Crippen LogP contribution in [0.3, 0.4) is 0 Å². The monoisotopic (exact) mass is 525 g/mol. The summed E-state index contributed by atoms with van der Waals surface area (Å²) in [6, 6.07) is 14.3. The molecular formula is C30H35N7O2. The van der Waals surface area contributed by atoms with Gasteiger partial charge in [-0.1, -0.05) is 12.1 Å². The van der Waals surface area contributed by atoms with Gasteiger partial charge in [0.25, 0.3) is 0 Å². The van der Waals surface area contributed by atoms with Crippen molar-refractivity contribution in [1.82, 2.24) is 30.2 Å². The van der Waals surface area contributed by atoms with Crippen LogP contribution in [-0.4, -0.2) is 76.2 Å². The van der Waals surface area contributed by atoms with Gasteiger partial charge in [0.1, 0.15) is 6.10 Å². The number of rotatable bonds is 8. The second-order valence-corrected chi connectivity index (χ2v) is 10.5. The number of carbonyl (C=O) groups excluding carboxylic acids is 1. The maximum Gasteiger partial charge on any atom is 0.310 e. The molecule has 2 fully saturated rings. The Hall–Kier alpha value is -3.82. The summed E-state index contributed by atoms with van der Waals surface area (Å²) < 4.78 is 5.77. The number of H-pyrrole nitrogens is 1. The van der Waals surface area contributed by atoms with Crippen LogP contribution in [0.5, 0.6) is 0 Å². The van der Waals surface area contributed by atoms with Crippen molar-refractivity contribution in [3.8, 4) is 22.6 Å². The quantitative estimate of drug-likeness (QED) is 0.296. The first-order valence-electron chi connectivity index (χ1n) is 13.9. The number of likely N-dealkylation sites (tertiary alicyclic amines) is 1. The lowest BCUT2D eigenvalue weighted by Crippen LogP contribution is -2.36. The van der Waals surface area contributed by atoms with Crippen LogP contribution >= 0.6 is 0 Å². The van der Waals surface area contributed by atoms with Gasteiger partial charge >= 0.3 is 5.97 Å². The smallest absolute Gasteiger partial charge is 0.310 e. The van der Waals surface area contributed by atoms with Crippen molar-refractivity contribution >= 4 is 22.6 Å². The van der Waals surface area contributed by atoms with Gasteiger partial charge in [0.15, 0.2) is 0 Å². The molecule has 39 heavy (non-hydrogen) atoms. The van der Waals surface area contributed by atoms with E-state index in [4.69, 9.17) is 4.74 Å². The highest BCUT2D eigenvalue weighted by molar-refractivity contribution is 5.88. The molecule has 5 heterocycles. The number of aromatic amines is 1. The number of esters is 1. The molecule has 0 spiro atoms. The van der Waals surface area contributed by atoms with Gasteiger partial charge in [0.2, 0.25) is 0 Å². The van der Waals surface area contributed by atoms with Gasteiger partial charge in [-0.15, -0.1) is 0 Å². The highest BCUT2D eigenvalue weighted by Crippen LogP contribution is 2.30. The number of nitrogens with zero attached hydrogens (tertiary/aromatic N) is 4. The van der Waals surface area contributed by atoms with E-state index in [-0.39, 0.29) is 18.0 Å². The van der Waals surface area contributed by atoms with Gasteiger partial charge < -0.3 is 25.3 Å². The van der Waals surface area contributed by atoms with Crippen LogP contribution in [-0.2, 0) is 9.53 Å².